The van der Waals surface area contributed by atoms with Crippen LogP contribution in [-0.2, 0) is 0 Å². The number of hydrazone groups is 1. The minimum absolute atomic E-state index is 0.0255. The van der Waals surface area contributed by atoms with Crippen LogP contribution < -0.4 is 5.43 Å². The number of aromatic nitrogens is 4. The fraction of sp³-hybridized carbons (Fsp3) is 0.133. The van der Waals surface area contributed by atoms with Gasteiger partial charge in [0.25, 0.3) is 5.78 Å². The zero-order valence-corrected chi connectivity index (χ0v) is 12.5. The number of aryl methyl sites for hydroxylation is 2. The van der Waals surface area contributed by atoms with Crippen LogP contribution in [0.25, 0.3) is 5.78 Å². The summed E-state index contributed by atoms with van der Waals surface area (Å²) in [5, 5.41) is 7.90. The zero-order chi connectivity index (χ0) is 16.4. The molecule has 0 bridgehead atoms. The Morgan fingerprint density at radius 2 is 2.00 bits per heavy atom. The molecule has 0 aliphatic rings. The molecule has 116 valence electrons. The van der Waals surface area contributed by atoms with Crippen molar-refractivity contribution >= 4 is 17.9 Å². The van der Waals surface area contributed by atoms with Crippen molar-refractivity contribution in [1.29, 1.82) is 0 Å². The van der Waals surface area contributed by atoms with Gasteiger partial charge in [0, 0.05) is 11.4 Å². The number of hydrogen-bond acceptors (Lipinski definition) is 5. The van der Waals surface area contributed by atoms with Crippen molar-refractivity contribution < 1.29 is 9.18 Å². The predicted molar refractivity (Wildman–Crippen MR) is 81.7 cm³/mol. The Morgan fingerprint density at radius 1 is 1.26 bits per heavy atom. The normalized spacial score (nSPS) is 11.3. The Hall–Kier alpha value is -3.16. The highest BCUT2D eigenvalue weighted by Crippen LogP contribution is 2.05. The molecule has 0 unspecified atom stereocenters. The maximum absolute atomic E-state index is 12.8. The van der Waals surface area contributed by atoms with E-state index in [1.807, 2.05) is 19.9 Å². The molecule has 2 heterocycles. The first-order chi connectivity index (χ1) is 11.0. The molecule has 1 aromatic carbocycles. The van der Waals surface area contributed by atoms with Crippen LogP contribution in [0.4, 0.5) is 4.39 Å². The Balaban J connectivity index is 1.75. The second kappa shape index (κ2) is 5.91. The lowest BCUT2D eigenvalue weighted by molar-refractivity contribution is 0.0945. The lowest BCUT2D eigenvalue weighted by atomic mass is 10.2. The number of nitrogens with zero attached hydrogens (tertiary/aromatic N) is 5. The van der Waals surface area contributed by atoms with E-state index in [1.54, 1.807) is 12.1 Å². The van der Waals surface area contributed by atoms with E-state index in [4.69, 9.17) is 0 Å². The van der Waals surface area contributed by atoms with Gasteiger partial charge >= 0.3 is 5.91 Å². The summed E-state index contributed by atoms with van der Waals surface area (Å²) < 4.78 is 14.3. The molecule has 8 heteroatoms. The predicted octanol–water partition coefficient (Wildman–Crippen LogP) is 1.64. The molecule has 3 rings (SSSR count). The summed E-state index contributed by atoms with van der Waals surface area (Å²) in [6, 6.07) is 7.55. The van der Waals surface area contributed by atoms with E-state index in [2.05, 4.69) is 25.6 Å². The van der Waals surface area contributed by atoms with Gasteiger partial charge in [0.05, 0.1) is 6.21 Å². The average Bonchev–Trinajstić information content (AvgIpc) is 2.93. The smallest absolute Gasteiger partial charge is 0.264 e. The SMILES string of the molecule is Cc1cc(C)n2nc(C(=O)N/N=C\c3ccc(F)cc3)nc2n1. The number of hydrogen-bond donors (Lipinski definition) is 1. The molecular weight excluding hydrogens is 299 g/mol. The van der Waals surface area contributed by atoms with Gasteiger partial charge in [-0.25, -0.2) is 19.3 Å². The molecule has 3 aromatic rings. The summed E-state index contributed by atoms with van der Waals surface area (Å²) in [4.78, 5) is 20.3. The Labute approximate surface area is 130 Å². The van der Waals surface area contributed by atoms with Crippen LogP contribution in [0.1, 0.15) is 27.6 Å². The van der Waals surface area contributed by atoms with Gasteiger partial charge in [-0.3, -0.25) is 4.79 Å². The van der Waals surface area contributed by atoms with Crippen LogP contribution in [0.5, 0.6) is 0 Å². The lowest BCUT2D eigenvalue weighted by Crippen LogP contribution is -2.19. The lowest BCUT2D eigenvalue weighted by Gasteiger charge is -1.97. The summed E-state index contributed by atoms with van der Waals surface area (Å²) in [7, 11) is 0. The molecule has 2 aromatic heterocycles. The zero-order valence-electron chi connectivity index (χ0n) is 12.5. The number of fused-ring (bicyclic) bond motifs is 1. The maximum Gasteiger partial charge on any atom is 0.311 e. The molecule has 7 nitrogen and oxygen atoms in total. The molecule has 0 spiro atoms. The second-order valence-corrected chi connectivity index (χ2v) is 4.94. The highest BCUT2D eigenvalue weighted by Gasteiger charge is 2.14. The summed E-state index contributed by atoms with van der Waals surface area (Å²) >= 11 is 0. The fourth-order valence-corrected chi connectivity index (χ4v) is 2.03. The van der Waals surface area contributed by atoms with Crippen LogP contribution in [0.2, 0.25) is 0 Å². The monoisotopic (exact) mass is 312 g/mol. The van der Waals surface area contributed by atoms with E-state index in [1.165, 1.54) is 22.9 Å². The Kier molecular flexibility index (Phi) is 3.80. The van der Waals surface area contributed by atoms with Crippen LogP contribution in [0, 0.1) is 19.7 Å². The second-order valence-electron chi connectivity index (χ2n) is 4.94. The van der Waals surface area contributed by atoms with Gasteiger partial charge in [-0.1, -0.05) is 12.1 Å². The number of carbonyl (C=O) groups is 1. The molecule has 1 N–H and O–H groups in total. The minimum Gasteiger partial charge on any atom is -0.264 e. The highest BCUT2D eigenvalue weighted by atomic mass is 19.1. The summed E-state index contributed by atoms with van der Waals surface area (Å²) in [5.74, 6) is -0.554. The van der Waals surface area contributed by atoms with Gasteiger partial charge in [-0.05, 0) is 37.6 Å². The molecule has 0 saturated carbocycles. The minimum atomic E-state index is -0.550. The summed E-state index contributed by atoms with van der Waals surface area (Å²) in [6.07, 6.45) is 1.40. The van der Waals surface area contributed by atoms with Crippen molar-refractivity contribution in [3.8, 4) is 0 Å². The first-order valence-corrected chi connectivity index (χ1v) is 6.83. The Bertz CT molecular complexity index is 900. The standard InChI is InChI=1S/C15H13FN6O/c1-9-7-10(2)22-15(18-9)19-13(21-22)14(23)20-17-8-11-3-5-12(16)6-4-11/h3-8H,1-2H3,(H,20,23)/b17-8-. The fourth-order valence-electron chi connectivity index (χ4n) is 2.03. The number of benzene rings is 1. The Morgan fingerprint density at radius 3 is 2.74 bits per heavy atom. The van der Waals surface area contributed by atoms with Crippen LogP contribution in [0.15, 0.2) is 35.4 Å². The van der Waals surface area contributed by atoms with Gasteiger partial charge in [0.15, 0.2) is 0 Å². The van der Waals surface area contributed by atoms with Crippen LogP contribution in [0.3, 0.4) is 0 Å². The maximum atomic E-state index is 12.8. The van der Waals surface area contributed by atoms with Crippen molar-refractivity contribution in [2.45, 2.75) is 13.8 Å². The van der Waals surface area contributed by atoms with E-state index in [9.17, 15) is 9.18 Å². The van der Waals surface area contributed by atoms with Gasteiger partial charge in [0.1, 0.15) is 5.82 Å². The number of halogens is 1. The topological polar surface area (TPSA) is 84.5 Å². The molecule has 0 aliphatic heterocycles. The van der Waals surface area contributed by atoms with Crippen LogP contribution in [-0.4, -0.2) is 31.7 Å². The first-order valence-electron chi connectivity index (χ1n) is 6.83. The molecule has 1 amide bonds. The third-order valence-electron chi connectivity index (χ3n) is 3.07. The van der Waals surface area contributed by atoms with E-state index in [0.717, 1.165) is 11.4 Å². The molecule has 0 aliphatic carbocycles. The molecule has 0 saturated heterocycles. The van der Waals surface area contributed by atoms with Crippen molar-refractivity contribution in [2.75, 3.05) is 0 Å². The number of nitrogens with one attached hydrogen (secondary N) is 1. The third-order valence-corrected chi connectivity index (χ3v) is 3.07. The van der Waals surface area contributed by atoms with Gasteiger partial charge in [0.2, 0.25) is 5.82 Å². The van der Waals surface area contributed by atoms with E-state index >= 15 is 0 Å². The number of amides is 1. The van der Waals surface area contributed by atoms with Crippen molar-refractivity contribution in [3.63, 3.8) is 0 Å². The van der Waals surface area contributed by atoms with Crippen LogP contribution >= 0.6 is 0 Å². The van der Waals surface area contributed by atoms with Crippen molar-refractivity contribution in [2.24, 2.45) is 5.10 Å². The van der Waals surface area contributed by atoms with Crippen molar-refractivity contribution in [3.05, 3.63) is 58.9 Å². The molecule has 0 fully saturated rings. The van der Waals surface area contributed by atoms with E-state index < -0.39 is 5.91 Å². The number of rotatable bonds is 3. The summed E-state index contributed by atoms with van der Waals surface area (Å²) in [5.41, 5.74) is 4.61. The van der Waals surface area contributed by atoms with E-state index in [0.29, 0.717) is 11.3 Å². The third kappa shape index (κ3) is 3.20. The van der Waals surface area contributed by atoms with Gasteiger partial charge < -0.3 is 0 Å². The number of carbonyl (C=O) groups excluding carboxylic acids is 1. The molecule has 0 radical (unpaired) electrons. The quantitative estimate of drug-likeness (QED) is 0.588. The van der Waals surface area contributed by atoms with Crippen molar-refractivity contribution in [1.82, 2.24) is 25.0 Å². The average molecular weight is 312 g/mol. The first kappa shape index (κ1) is 14.8. The summed E-state index contributed by atoms with van der Waals surface area (Å²) in [6.45, 7) is 3.69. The van der Waals surface area contributed by atoms with Gasteiger partial charge in [-0.2, -0.15) is 10.1 Å². The molecule has 23 heavy (non-hydrogen) atoms. The largest absolute Gasteiger partial charge is 0.311 e. The van der Waals surface area contributed by atoms with E-state index in [-0.39, 0.29) is 11.6 Å². The molecule has 0 atom stereocenters. The highest BCUT2D eigenvalue weighted by molar-refractivity contribution is 5.91. The van der Waals surface area contributed by atoms with Gasteiger partial charge in [-0.15, -0.1) is 5.10 Å². The molecular formula is C15H13FN6O.